The van der Waals surface area contributed by atoms with Crippen LogP contribution < -0.4 is 22.1 Å². The van der Waals surface area contributed by atoms with Crippen LogP contribution >= 0.6 is 0 Å². The number of aliphatic carboxylic acids is 1. The third kappa shape index (κ3) is 6.60. The summed E-state index contributed by atoms with van der Waals surface area (Å²) in [7, 11) is 0. The number of carbonyl (C=O) groups is 3. The van der Waals surface area contributed by atoms with Gasteiger partial charge in [0.2, 0.25) is 5.91 Å². The van der Waals surface area contributed by atoms with Crippen LogP contribution in [0.1, 0.15) is 12.8 Å². The summed E-state index contributed by atoms with van der Waals surface area (Å²) >= 11 is 0. The number of carboxylic acid groups (broad SMARTS) is 1. The van der Waals surface area contributed by atoms with Gasteiger partial charge in [-0.1, -0.05) is 0 Å². The van der Waals surface area contributed by atoms with E-state index < -0.39 is 23.9 Å². The van der Waals surface area contributed by atoms with E-state index in [2.05, 4.69) is 10.6 Å². The molecule has 8 nitrogen and oxygen atoms in total. The Hall–Kier alpha value is -1.83. The van der Waals surface area contributed by atoms with E-state index >= 15 is 0 Å². The summed E-state index contributed by atoms with van der Waals surface area (Å²) in [6.07, 6.45) is 0.589. The van der Waals surface area contributed by atoms with E-state index in [1.54, 1.807) is 0 Å². The first-order valence-corrected chi connectivity index (χ1v) is 4.73. The number of nitrogens with two attached hydrogens (primary N) is 2. The topological polar surface area (TPSA) is 148 Å². The largest absolute Gasteiger partial charge is 0.480 e. The van der Waals surface area contributed by atoms with E-state index in [9.17, 15) is 14.4 Å². The first-order valence-electron chi connectivity index (χ1n) is 4.73. The summed E-state index contributed by atoms with van der Waals surface area (Å²) in [5, 5.41) is 13.3. The van der Waals surface area contributed by atoms with Crippen molar-refractivity contribution in [1.29, 1.82) is 0 Å². The number of nitrogens with one attached hydrogen (secondary N) is 2. The monoisotopic (exact) mass is 232 g/mol. The van der Waals surface area contributed by atoms with Crippen LogP contribution in [0, 0.1) is 0 Å². The highest BCUT2D eigenvalue weighted by atomic mass is 16.4. The predicted molar refractivity (Wildman–Crippen MR) is 55.4 cm³/mol. The molecule has 0 aliphatic rings. The van der Waals surface area contributed by atoms with E-state index in [1.165, 1.54) is 0 Å². The Labute approximate surface area is 92.4 Å². The summed E-state index contributed by atoms with van der Waals surface area (Å²) in [6, 6.07) is -1.66. The maximum absolute atomic E-state index is 10.9. The fourth-order valence-electron chi connectivity index (χ4n) is 1.03. The molecule has 16 heavy (non-hydrogen) atoms. The molecule has 0 aromatic rings. The normalized spacial score (nSPS) is 11.6. The minimum atomic E-state index is -1.14. The molecular weight excluding hydrogens is 216 g/mol. The van der Waals surface area contributed by atoms with Crippen molar-refractivity contribution in [3.05, 3.63) is 0 Å². The van der Waals surface area contributed by atoms with Crippen molar-refractivity contribution in [2.75, 3.05) is 13.1 Å². The summed E-state index contributed by atoms with van der Waals surface area (Å²) in [6.45, 7) is 0.000917. The van der Waals surface area contributed by atoms with E-state index in [1.807, 2.05) is 0 Å². The third-order valence-electron chi connectivity index (χ3n) is 1.79. The molecule has 0 spiro atoms. The number of amides is 3. The second-order valence-electron chi connectivity index (χ2n) is 3.10. The molecule has 0 aromatic heterocycles. The minimum Gasteiger partial charge on any atom is -0.480 e. The van der Waals surface area contributed by atoms with Crippen molar-refractivity contribution >= 4 is 17.9 Å². The van der Waals surface area contributed by atoms with Crippen LogP contribution in [0.5, 0.6) is 0 Å². The first kappa shape index (κ1) is 14.2. The van der Waals surface area contributed by atoms with E-state index in [4.69, 9.17) is 16.6 Å². The van der Waals surface area contributed by atoms with Crippen molar-refractivity contribution in [3.63, 3.8) is 0 Å². The first-order chi connectivity index (χ1) is 7.47. The summed E-state index contributed by atoms with van der Waals surface area (Å²) < 4.78 is 0. The molecule has 0 heterocycles. The van der Waals surface area contributed by atoms with Gasteiger partial charge in [-0.3, -0.25) is 4.79 Å². The Kier molecular flexibility index (Phi) is 6.61. The lowest BCUT2D eigenvalue weighted by molar-refractivity contribution is -0.141. The molecule has 8 heteroatoms. The van der Waals surface area contributed by atoms with E-state index in [-0.39, 0.29) is 19.5 Å². The van der Waals surface area contributed by atoms with Gasteiger partial charge < -0.3 is 27.2 Å². The number of hydrogen-bond donors (Lipinski definition) is 5. The number of carbonyl (C=O) groups excluding carboxylic acids is 2. The SMILES string of the molecule is NCC(=O)NC(CCCNC(N)=O)C(=O)O. The van der Waals surface area contributed by atoms with Crippen LogP contribution in [0.25, 0.3) is 0 Å². The number of rotatable bonds is 7. The molecule has 92 valence electrons. The van der Waals surface area contributed by atoms with Crippen molar-refractivity contribution < 1.29 is 19.5 Å². The predicted octanol–water partition coefficient (Wildman–Crippen LogP) is -2.04. The molecule has 0 aliphatic carbocycles. The maximum Gasteiger partial charge on any atom is 0.326 e. The molecule has 1 atom stereocenters. The number of hydrogen-bond acceptors (Lipinski definition) is 4. The van der Waals surface area contributed by atoms with Gasteiger partial charge in [-0.25, -0.2) is 9.59 Å². The van der Waals surface area contributed by atoms with Gasteiger partial charge in [0.25, 0.3) is 0 Å². The Morgan fingerprint density at radius 3 is 2.38 bits per heavy atom. The highest BCUT2D eigenvalue weighted by Crippen LogP contribution is 1.96. The van der Waals surface area contributed by atoms with Gasteiger partial charge in [0.1, 0.15) is 6.04 Å². The van der Waals surface area contributed by atoms with Crippen LogP contribution in [0.15, 0.2) is 0 Å². The van der Waals surface area contributed by atoms with Gasteiger partial charge in [0.05, 0.1) is 6.54 Å². The van der Waals surface area contributed by atoms with Gasteiger partial charge in [0, 0.05) is 6.54 Å². The third-order valence-corrected chi connectivity index (χ3v) is 1.79. The zero-order chi connectivity index (χ0) is 12.6. The summed E-state index contributed by atoms with van der Waals surface area (Å²) in [5.74, 6) is -1.67. The molecule has 0 saturated heterocycles. The van der Waals surface area contributed by atoms with Gasteiger partial charge >= 0.3 is 12.0 Å². The maximum atomic E-state index is 10.9. The van der Waals surface area contributed by atoms with Gasteiger partial charge in [-0.15, -0.1) is 0 Å². The summed E-state index contributed by atoms with van der Waals surface area (Å²) in [5.41, 5.74) is 9.86. The molecule has 7 N–H and O–H groups in total. The van der Waals surface area contributed by atoms with Crippen LogP contribution in [0.2, 0.25) is 0 Å². The molecule has 1 unspecified atom stereocenters. The molecular formula is C8H16N4O4. The molecule has 0 aliphatic heterocycles. The molecule has 0 rings (SSSR count). The van der Waals surface area contributed by atoms with Gasteiger partial charge in [0.15, 0.2) is 0 Å². The van der Waals surface area contributed by atoms with Crippen molar-refractivity contribution in [2.24, 2.45) is 11.5 Å². The van der Waals surface area contributed by atoms with Crippen molar-refractivity contribution in [3.8, 4) is 0 Å². The van der Waals surface area contributed by atoms with Crippen LogP contribution in [0.4, 0.5) is 4.79 Å². The Bertz CT molecular complexity index is 269. The van der Waals surface area contributed by atoms with E-state index in [0.29, 0.717) is 6.42 Å². The second-order valence-corrected chi connectivity index (χ2v) is 3.10. The minimum absolute atomic E-state index is 0.196. The van der Waals surface area contributed by atoms with Crippen molar-refractivity contribution in [2.45, 2.75) is 18.9 Å². The second kappa shape index (κ2) is 7.46. The Morgan fingerprint density at radius 1 is 1.31 bits per heavy atom. The smallest absolute Gasteiger partial charge is 0.326 e. The lowest BCUT2D eigenvalue weighted by Gasteiger charge is -2.13. The summed E-state index contributed by atoms with van der Waals surface area (Å²) in [4.78, 5) is 31.9. The quantitative estimate of drug-likeness (QED) is 0.321. The lowest BCUT2D eigenvalue weighted by Crippen LogP contribution is -2.44. The molecule has 0 fully saturated rings. The molecule has 0 radical (unpaired) electrons. The Morgan fingerprint density at radius 2 is 1.94 bits per heavy atom. The Balaban J connectivity index is 3.90. The van der Waals surface area contributed by atoms with Gasteiger partial charge in [-0.2, -0.15) is 0 Å². The molecule has 0 bridgehead atoms. The van der Waals surface area contributed by atoms with Crippen LogP contribution in [0.3, 0.4) is 0 Å². The van der Waals surface area contributed by atoms with Crippen molar-refractivity contribution in [1.82, 2.24) is 10.6 Å². The van der Waals surface area contributed by atoms with Crippen LogP contribution in [-0.2, 0) is 9.59 Å². The fourth-order valence-corrected chi connectivity index (χ4v) is 1.03. The molecule has 0 saturated carbocycles. The lowest BCUT2D eigenvalue weighted by atomic mass is 10.1. The van der Waals surface area contributed by atoms with Gasteiger partial charge in [-0.05, 0) is 12.8 Å². The van der Waals surface area contributed by atoms with E-state index in [0.717, 1.165) is 0 Å². The number of carboxylic acids is 1. The average Bonchev–Trinajstić information content (AvgIpc) is 2.21. The average molecular weight is 232 g/mol. The standard InChI is InChI=1S/C8H16N4O4/c9-4-6(13)12-5(7(14)15)2-1-3-11-8(10)16/h5H,1-4,9H2,(H,12,13)(H,14,15)(H3,10,11,16). The number of urea groups is 1. The molecule has 0 aromatic carbocycles. The zero-order valence-corrected chi connectivity index (χ0v) is 8.73. The van der Waals surface area contributed by atoms with Crippen LogP contribution in [-0.4, -0.2) is 42.1 Å². The zero-order valence-electron chi connectivity index (χ0n) is 8.73. The fraction of sp³-hybridized carbons (Fsp3) is 0.625. The number of primary amides is 1. The highest BCUT2D eigenvalue weighted by molar-refractivity contribution is 5.84. The molecule has 3 amide bonds. The highest BCUT2D eigenvalue weighted by Gasteiger charge is 2.18.